The van der Waals surface area contributed by atoms with Crippen LogP contribution in [0.5, 0.6) is 0 Å². The predicted octanol–water partition coefficient (Wildman–Crippen LogP) is 1.42. The number of nitrogens with zero attached hydrogens (tertiary/aromatic N) is 2. The Hall–Kier alpha value is -1.10. The van der Waals surface area contributed by atoms with Gasteiger partial charge in [0.25, 0.3) is 0 Å². The molecule has 0 bridgehead atoms. The van der Waals surface area contributed by atoms with E-state index in [0.29, 0.717) is 19.6 Å². The summed E-state index contributed by atoms with van der Waals surface area (Å²) in [5.41, 5.74) is 5.39. The molecule has 0 unspecified atom stereocenters. The zero-order valence-electron chi connectivity index (χ0n) is 11.0. The van der Waals surface area contributed by atoms with Crippen molar-refractivity contribution in [2.45, 2.75) is 44.8 Å². The third-order valence-electron chi connectivity index (χ3n) is 2.84. The minimum absolute atomic E-state index is 0.258. The predicted molar refractivity (Wildman–Crippen MR) is 68.4 cm³/mol. The maximum Gasteiger partial charge on any atom is 0.410 e. The smallest absolute Gasteiger partial charge is 0.410 e. The molecule has 0 aliphatic carbocycles. The Bertz CT molecular complexity index is 289. The normalized spacial score (nSPS) is 19.9. The number of aliphatic imine (C=N–C) groups is 1. The molecule has 1 aliphatic rings. The Morgan fingerprint density at radius 1 is 1.47 bits per heavy atom. The number of likely N-dealkylation sites (tertiary alicyclic amines) is 1. The lowest BCUT2D eigenvalue weighted by atomic mass is 9.89. The van der Waals surface area contributed by atoms with Crippen molar-refractivity contribution in [3.8, 4) is 0 Å². The van der Waals surface area contributed by atoms with Gasteiger partial charge in [-0.25, -0.2) is 4.79 Å². The molecule has 0 aromatic rings. The van der Waals surface area contributed by atoms with Crippen LogP contribution in [-0.4, -0.2) is 48.5 Å². The maximum atomic E-state index is 11.8. The van der Waals surface area contributed by atoms with Crippen molar-refractivity contribution in [3.05, 3.63) is 0 Å². The average Bonchev–Trinajstić information content (AvgIpc) is 2.15. The fourth-order valence-corrected chi connectivity index (χ4v) is 1.84. The van der Waals surface area contributed by atoms with Crippen molar-refractivity contribution in [3.63, 3.8) is 0 Å². The standard InChI is InChI=1S/C12H23N3O2/c1-11(2,3)17-10(16)15-7-5-12(13,6-8-15)9-14-4/h4-9,13H2,1-3H3. The topological polar surface area (TPSA) is 67.9 Å². The summed E-state index contributed by atoms with van der Waals surface area (Å²) in [7, 11) is 0. The van der Waals surface area contributed by atoms with Crippen LogP contribution in [0.3, 0.4) is 0 Å². The second-order valence-electron chi connectivity index (χ2n) is 5.71. The van der Waals surface area contributed by atoms with Crippen LogP contribution in [0, 0.1) is 0 Å². The molecular weight excluding hydrogens is 218 g/mol. The van der Waals surface area contributed by atoms with Crippen molar-refractivity contribution in [2.24, 2.45) is 10.7 Å². The van der Waals surface area contributed by atoms with E-state index < -0.39 is 5.60 Å². The second-order valence-corrected chi connectivity index (χ2v) is 5.71. The molecule has 5 nitrogen and oxygen atoms in total. The molecule has 1 saturated heterocycles. The number of carbonyl (C=O) groups excluding carboxylic acids is 1. The first-order chi connectivity index (χ1) is 7.76. The Balaban J connectivity index is 2.46. The highest BCUT2D eigenvalue weighted by Crippen LogP contribution is 2.21. The highest BCUT2D eigenvalue weighted by Gasteiger charge is 2.33. The second kappa shape index (κ2) is 5.04. The summed E-state index contributed by atoms with van der Waals surface area (Å²) in [5, 5.41) is 0. The van der Waals surface area contributed by atoms with Crippen molar-refractivity contribution in [1.29, 1.82) is 0 Å². The molecule has 1 amide bonds. The molecule has 1 rings (SSSR count). The van der Waals surface area contributed by atoms with Gasteiger partial charge in [0, 0.05) is 18.6 Å². The average molecular weight is 241 g/mol. The van der Waals surface area contributed by atoms with Crippen LogP contribution < -0.4 is 5.73 Å². The monoisotopic (exact) mass is 241 g/mol. The van der Waals surface area contributed by atoms with E-state index in [9.17, 15) is 4.79 Å². The van der Waals surface area contributed by atoms with E-state index in [-0.39, 0.29) is 11.6 Å². The van der Waals surface area contributed by atoms with Crippen molar-refractivity contribution in [2.75, 3.05) is 19.6 Å². The zero-order chi connectivity index (χ0) is 13.1. The molecule has 0 atom stereocenters. The summed E-state index contributed by atoms with van der Waals surface area (Å²) in [6.07, 6.45) is 1.22. The SMILES string of the molecule is C=NCC1(N)CCN(C(=O)OC(C)(C)C)CC1. The molecule has 2 N–H and O–H groups in total. The Morgan fingerprint density at radius 3 is 2.41 bits per heavy atom. The summed E-state index contributed by atoms with van der Waals surface area (Å²) in [4.78, 5) is 17.4. The molecule has 98 valence electrons. The van der Waals surface area contributed by atoms with Gasteiger partial charge in [0.2, 0.25) is 0 Å². The quantitative estimate of drug-likeness (QED) is 0.743. The molecule has 17 heavy (non-hydrogen) atoms. The molecule has 0 aromatic heterocycles. The molecule has 5 heteroatoms. The molecule has 0 aromatic carbocycles. The third kappa shape index (κ3) is 4.34. The number of piperidine rings is 1. The number of ether oxygens (including phenoxy) is 1. The number of amides is 1. The molecule has 1 fully saturated rings. The van der Waals surface area contributed by atoms with Crippen molar-refractivity contribution >= 4 is 12.8 Å². The minimum Gasteiger partial charge on any atom is -0.444 e. The molecule has 1 aliphatic heterocycles. The fraction of sp³-hybridized carbons (Fsp3) is 0.833. The van der Waals surface area contributed by atoms with Gasteiger partial charge < -0.3 is 15.4 Å². The van der Waals surface area contributed by atoms with Crippen LogP contribution in [0.15, 0.2) is 4.99 Å². The molecule has 0 saturated carbocycles. The highest BCUT2D eigenvalue weighted by molar-refractivity contribution is 5.68. The highest BCUT2D eigenvalue weighted by atomic mass is 16.6. The van der Waals surface area contributed by atoms with Crippen LogP contribution in [0.1, 0.15) is 33.6 Å². The van der Waals surface area contributed by atoms with Crippen LogP contribution in [0.25, 0.3) is 0 Å². The third-order valence-corrected chi connectivity index (χ3v) is 2.84. The Morgan fingerprint density at radius 2 is 2.00 bits per heavy atom. The minimum atomic E-state index is -0.447. The summed E-state index contributed by atoms with van der Waals surface area (Å²) >= 11 is 0. The number of hydrogen-bond acceptors (Lipinski definition) is 4. The maximum absolute atomic E-state index is 11.8. The number of carbonyl (C=O) groups is 1. The lowest BCUT2D eigenvalue weighted by Gasteiger charge is -2.38. The van der Waals surface area contributed by atoms with Gasteiger partial charge >= 0.3 is 6.09 Å². The zero-order valence-corrected chi connectivity index (χ0v) is 11.0. The molecule has 0 spiro atoms. The van der Waals surface area contributed by atoms with E-state index in [0.717, 1.165) is 12.8 Å². The fourth-order valence-electron chi connectivity index (χ4n) is 1.84. The largest absolute Gasteiger partial charge is 0.444 e. The molecule has 0 radical (unpaired) electrons. The van der Waals surface area contributed by atoms with Crippen molar-refractivity contribution in [1.82, 2.24) is 4.90 Å². The van der Waals surface area contributed by atoms with Gasteiger partial charge in [-0.1, -0.05) is 0 Å². The van der Waals surface area contributed by atoms with E-state index in [1.165, 1.54) is 0 Å². The van der Waals surface area contributed by atoms with Crippen LogP contribution in [-0.2, 0) is 4.74 Å². The van der Waals surface area contributed by atoms with Gasteiger partial charge in [-0.2, -0.15) is 0 Å². The van der Waals surface area contributed by atoms with Gasteiger partial charge in [0.15, 0.2) is 0 Å². The first kappa shape index (κ1) is 14.0. The van der Waals surface area contributed by atoms with Gasteiger partial charge in [-0.15, -0.1) is 0 Å². The van der Waals surface area contributed by atoms with E-state index in [1.54, 1.807) is 4.90 Å². The Kier molecular flexibility index (Phi) is 4.14. The van der Waals surface area contributed by atoms with Gasteiger partial charge in [-0.05, 0) is 40.3 Å². The van der Waals surface area contributed by atoms with Crippen LogP contribution in [0.4, 0.5) is 4.79 Å². The van der Waals surface area contributed by atoms with E-state index in [1.807, 2.05) is 20.8 Å². The van der Waals surface area contributed by atoms with Gasteiger partial charge in [0.05, 0.1) is 6.54 Å². The number of rotatable bonds is 2. The van der Waals surface area contributed by atoms with Crippen LogP contribution in [0.2, 0.25) is 0 Å². The number of hydrogen-bond donors (Lipinski definition) is 1. The summed E-state index contributed by atoms with van der Waals surface area (Å²) < 4.78 is 5.32. The molecular formula is C12H23N3O2. The van der Waals surface area contributed by atoms with E-state index in [2.05, 4.69) is 11.7 Å². The lowest BCUT2D eigenvalue weighted by molar-refractivity contribution is 0.0172. The molecule has 1 heterocycles. The summed E-state index contributed by atoms with van der Waals surface area (Å²) in [6.45, 7) is 10.9. The van der Waals surface area contributed by atoms with E-state index in [4.69, 9.17) is 10.5 Å². The number of nitrogens with two attached hydrogens (primary N) is 1. The Labute approximate surface area is 103 Å². The summed E-state index contributed by atoms with van der Waals surface area (Å²) in [5.74, 6) is 0. The van der Waals surface area contributed by atoms with Crippen LogP contribution >= 0.6 is 0 Å². The van der Waals surface area contributed by atoms with Crippen molar-refractivity contribution < 1.29 is 9.53 Å². The summed E-state index contributed by atoms with van der Waals surface area (Å²) in [6, 6.07) is 0. The van der Waals surface area contributed by atoms with E-state index >= 15 is 0 Å². The lowest BCUT2D eigenvalue weighted by Crippen LogP contribution is -2.54. The van der Waals surface area contributed by atoms with Gasteiger partial charge in [0.1, 0.15) is 5.60 Å². The first-order valence-corrected chi connectivity index (χ1v) is 5.95. The van der Waals surface area contributed by atoms with Gasteiger partial charge in [-0.3, -0.25) is 4.99 Å². The first-order valence-electron chi connectivity index (χ1n) is 5.95.